The van der Waals surface area contributed by atoms with Gasteiger partial charge in [0.1, 0.15) is 17.8 Å². The summed E-state index contributed by atoms with van der Waals surface area (Å²) < 4.78 is 32.1. The summed E-state index contributed by atoms with van der Waals surface area (Å²) in [5.74, 6) is 0. The van der Waals surface area contributed by atoms with Gasteiger partial charge in [0.25, 0.3) is 0 Å². The van der Waals surface area contributed by atoms with Crippen molar-refractivity contribution in [3.05, 3.63) is 0 Å². The molecule has 2 aliphatic heterocycles. The highest BCUT2D eigenvalue weighted by molar-refractivity contribution is 7.47. The molecule has 0 aliphatic carbocycles. The lowest BCUT2D eigenvalue weighted by Gasteiger charge is -2.38. The second kappa shape index (κ2) is 5.15. The van der Waals surface area contributed by atoms with Crippen molar-refractivity contribution in [1.29, 1.82) is 0 Å². The van der Waals surface area contributed by atoms with Gasteiger partial charge in [-0.15, -0.1) is 0 Å². The number of phosphoric ester groups is 1. The third kappa shape index (κ3) is 2.48. The number of phosphoric acid groups is 1. The van der Waals surface area contributed by atoms with Crippen molar-refractivity contribution in [3.8, 4) is 0 Å². The minimum Gasteiger partial charge on any atom is -0.382 e. The first kappa shape index (κ1) is 14.4. The molecule has 2 fully saturated rings. The van der Waals surface area contributed by atoms with E-state index in [1.165, 1.54) is 7.11 Å². The zero-order valence-corrected chi connectivity index (χ0v) is 11.4. The van der Waals surface area contributed by atoms with Crippen molar-refractivity contribution in [2.45, 2.75) is 30.8 Å². The standard InChI is InChI=1S/C9H18NO7P/c1-6-7-8(17-18(11,12)14-3)9(15-6,5-13-2)4-10-16-7/h6-8,10H,4-5H2,1-3H3,(H,11,12)/t6?,7?,8-,9?/m0/s1. The Balaban J connectivity index is 2.22. The van der Waals surface area contributed by atoms with E-state index in [0.29, 0.717) is 6.54 Å². The number of hydroxylamine groups is 1. The van der Waals surface area contributed by atoms with E-state index in [0.717, 1.165) is 7.11 Å². The maximum atomic E-state index is 11.6. The average molecular weight is 283 g/mol. The zero-order chi connectivity index (χ0) is 13.4. The van der Waals surface area contributed by atoms with Gasteiger partial charge in [-0.05, 0) is 6.92 Å². The molecule has 2 rings (SSSR count). The highest BCUT2D eigenvalue weighted by Gasteiger charge is 2.60. The van der Waals surface area contributed by atoms with E-state index in [1.807, 2.05) is 0 Å². The van der Waals surface area contributed by atoms with E-state index in [4.69, 9.17) is 18.8 Å². The number of nitrogens with one attached hydrogen (secondary N) is 1. The van der Waals surface area contributed by atoms with E-state index >= 15 is 0 Å². The molecule has 0 radical (unpaired) electrons. The molecule has 2 saturated heterocycles. The Morgan fingerprint density at radius 2 is 2.28 bits per heavy atom. The molecule has 2 N–H and O–H groups in total. The fraction of sp³-hybridized carbons (Fsp3) is 1.00. The molecule has 0 amide bonds. The SMILES string of the molecule is COCC12CNOC(C(C)O1)[C@@H]2OP(=O)(O)OC. The Labute approximate surface area is 105 Å². The molecule has 0 aromatic carbocycles. The first-order valence-electron chi connectivity index (χ1n) is 5.56. The lowest BCUT2D eigenvalue weighted by Crippen LogP contribution is -2.59. The van der Waals surface area contributed by atoms with Gasteiger partial charge in [-0.2, -0.15) is 5.48 Å². The number of methoxy groups -OCH3 is 1. The summed E-state index contributed by atoms with van der Waals surface area (Å²) in [7, 11) is -1.48. The van der Waals surface area contributed by atoms with Crippen LogP contribution in [0.3, 0.4) is 0 Å². The lowest BCUT2D eigenvalue weighted by atomic mass is 9.94. The van der Waals surface area contributed by atoms with Crippen LogP contribution >= 0.6 is 7.82 Å². The molecule has 0 saturated carbocycles. The van der Waals surface area contributed by atoms with Crippen LogP contribution in [-0.4, -0.2) is 56.2 Å². The summed E-state index contributed by atoms with van der Waals surface area (Å²) in [6, 6.07) is 0. The van der Waals surface area contributed by atoms with Gasteiger partial charge in [0, 0.05) is 14.2 Å². The van der Waals surface area contributed by atoms with Crippen LogP contribution in [0.5, 0.6) is 0 Å². The molecule has 18 heavy (non-hydrogen) atoms. The third-order valence-electron chi connectivity index (χ3n) is 3.16. The molecule has 4 unspecified atom stereocenters. The second-order valence-corrected chi connectivity index (χ2v) is 5.91. The van der Waals surface area contributed by atoms with Gasteiger partial charge in [0.2, 0.25) is 0 Å². The summed E-state index contributed by atoms with van der Waals surface area (Å²) >= 11 is 0. The summed E-state index contributed by atoms with van der Waals surface area (Å²) in [4.78, 5) is 14.8. The van der Waals surface area contributed by atoms with E-state index in [9.17, 15) is 9.46 Å². The van der Waals surface area contributed by atoms with Crippen LogP contribution in [0.1, 0.15) is 6.92 Å². The minimum absolute atomic E-state index is 0.221. The average Bonchev–Trinajstić information content (AvgIpc) is 2.47. The molecule has 0 aromatic heterocycles. The largest absolute Gasteiger partial charge is 0.472 e. The molecule has 2 aliphatic rings. The topological polar surface area (TPSA) is 95.5 Å². The van der Waals surface area contributed by atoms with E-state index in [2.05, 4.69) is 10.0 Å². The third-order valence-corrected chi connectivity index (χ3v) is 4.11. The van der Waals surface area contributed by atoms with E-state index in [-0.39, 0.29) is 12.7 Å². The number of hydrogen-bond acceptors (Lipinski definition) is 7. The van der Waals surface area contributed by atoms with E-state index < -0.39 is 25.6 Å². The molecule has 0 aromatic rings. The maximum Gasteiger partial charge on any atom is 0.472 e. The second-order valence-electron chi connectivity index (χ2n) is 4.40. The molecule has 106 valence electrons. The first-order valence-corrected chi connectivity index (χ1v) is 7.06. The Kier molecular flexibility index (Phi) is 4.10. The Hall–Kier alpha value is -0.0500. The number of rotatable bonds is 5. The van der Waals surface area contributed by atoms with Crippen LogP contribution in [0.15, 0.2) is 0 Å². The first-order chi connectivity index (χ1) is 8.44. The van der Waals surface area contributed by atoms with Crippen molar-refractivity contribution in [2.24, 2.45) is 0 Å². The summed E-state index contributed by atoms with van der Waals surface area (Å²) in [6.07, 6.45) is -1.51. The van der Waals surface area contributed by atoms with Gasteiger partial charge >= 0.3 is 7.82 Å². The highest BCUT2D eigenvalue weighted by Crippen LogP contribution is 2.50. The summed E-state index contributed by atoms with van der Waals surface area (Å²) in [6.45, 7) is 2.33. The number of fused-ring (bicyclic) bond motifs is 2. The summed E-state index contributed by atoms with van der Waals surface area (Å²) in [5.41, 5.74) is 1.89. The van der Waals surface area contributed by atoms with Crippen molar-refractivity contribution in [3.63, 3.8) is 0 Å². The summed E-state index contributed by atoms with van der Waals surface area (Å²) in [5, 5.41) is 0. The highest BCUT2D eigenvalue weighted by atomic mass is 31.2. The van der Waals surface area contributed by atoms with Crippen LogP contribution in [0, 0.1) is 0 Å². The van der Waals surface area contributed by atoms with Crippen LogP contribution in [0.4, 0.5) is 0 Å². The quantitative estimate of drug-likeness (QED) is 0.671. The van der Waals surface area contributed by atoms with Gasteiger partial charge in [-0.3, -0.25) is 13.9 Å². The number of hydrogen-bond donors (Lipinski definition) is 2. The normalized spacial score (nSPS) is 42.8. The Morgan fingerprint density at radius 1 is 1.56 bits per heavy atom. The van der Waals surface area contributed by atoms with Gasteiger partial charge in [-0.25, -0.2) is 4.57 Å². The molecule has 2 bridgehead atoms. The molecular weight excluding hydrogens is 265 g/mol. The van der Waals surface area contributed by atoms with Gasteiger partial charge in [0.05, 0.1) is 19.3 Å². The van der Waals surface area contributed by atoms with Crippen molar-refractivity contribution < 1.29 is 32.8 Å². The zero-order valence-electron chi connectivity index (χ0n) is 10.5. The predicted octanol–water partition coefficient (Wildman–Crippen LogP) is -0.174. The monoisotopic (exact) mass is 283 g/mol. The van der Waals surface area contributed by atoms with Crippen molar-refractivity contribution >= 4 is 7.82 Å². The predicted molar refractivity (Wildman–Crippen MR) is 59.7 cm³/mol. The van der Waals surface area contributed by atoms with Crippen molar-refractivity contribution in [1.82, 2.24) is 5.48 Å². The Bertz CT molecular complexity index is 350. The molecule has 0 spiro atoms. The smallest absolute Gasteiger partial charge is 0.382 e. The Morgan fingerprint density at radius 3 is 2.89 bits per heavy atom. The van der Waals surface area contributed by atoms with Crippen LogP contribution in [0.2, 0.25) is 0 Å². The van der Waals surface area contributed by atoms with Crippen LogP contribution in [-0.2, 0) is 27.9 Å². The molecule has 8 nitrogen and oxygen atoms in total. The fourth-order valence-electron chi connectivity index (χ4n) is 2.36. The molecular formula is C9H18NO7P. The van der Waals surface area contributed by atoms with Crippen molar-refractivity contribution in [2.75, 3.05) is 27.4 Å². The van der Waals surface area contributed by atoms with Crippen LogP contribution in [0.25, 0.3) is 0 Å². The van der Waals surface area contributed by atoms with Gasteiger partial charge in [-0.1, -0.05) is 0 Å². The molecule has 5 atom stereocenters. The molecule has 9 heteroatoms. The maximum absolute atomic E-state index is 11.6. The van der Waals surface area contributed by atoms with Gasteiger partial charge < -0.3 is 14.4 Å². The molecule has 2 heterocycles. The lowest BCUT2D eigenvalue weighted by molar-refractivity contribution is -0.159. The van der Waals surface area contributed by atoms with Gasteiger partial charge in [0.15, 0.2) is 0 Å². The minimum atomic E-state index is -4.11. The van der Waals surface area contributed by atoms with Crippen LogP contribution < -0.4 is 5.48 Å². The van der Waals surface area contributed by atoms with E-state index in [1.54, 1.807) is 6.92 Å². The fourth-order valence-corrected chi connectivity index (χ4v) is 3.05. The number of ether oxygens (including phenoxy) is 2.